The SMILES string of the molecule is O=c1[nH]c(-c2cc(F)c(F)cc2C(F)(F)F)nc2ccccc12. The molecule has 0 unspecified atom stereocenters. The molecule has 0 radical (unpaired) electrons. The second-order valence-electron chi connectivity index (χ2n) is 4.74. The van der Waals surface area contributed by atoms with Crippen molar-refractivity contribution >= 4 is 10.9 Å². The van der Waals surface area contributed by atoms with Gasteiger partial charge in [-0.05, 0) is 24.3 Å². The van der Waals surface area contributed by atoms with E-state index in [-0.39, 0.29) is 17.0 Å². The Morgan fingerprint density at radius 3 is 2.35 bits per heavy atom. The highest BCUT2D eigenvalue weighted by Gasteiger charge is 2.35. The van der Waals surface area contributed by atoms with Gasteiger partial charge in [0.05, 0.1) is 16.5 Å². The summed E-state index contributed by atoms with van der Waals surface area (Å²) < 4.78 is 65.7. The van der Waals surface area contributed by atoms with Gasteiger partial charge in [0.1, 0.15) is 5.82 Å². The van der Waals surface area contributed by atoms with Crippen LogP contribution in [0.3, 0.4) is 0 Å². The maximum atomic E-state index is 13.4. The lowest BCUT2D eigenvalue weighted by Crippen LogP contribution is -2.14. The van der Waals surface area contributed by atoms with E-state index in [0.717, 1.165) is 0 Å². The third-order valence-electron chi connectivity index (χ3n) is 3.23. The molecule has 0 fully saturated rings. The minimum absolute atomic E-state index is 0.0415. The molecular formula is C15H7F5N2O. The first kappa shape index (κ1) is 15.1. The van der Waals surface area contributed by atoms with Gasteiger partial charge in [-0.3, -0.25) is 4.79 Å². The number of aromatic amines is 1. The molecule has 0 saturated heterocycles. The minimum Gasteiger partial charge on any atom is -0.306 e. The molecule has 1 N–H and O–H groups in total. The van der Waals surface area contributed by atoms with Crippen molar-refractivity contribution in [3.63, 3.8) is 0 Å². The molecule has 0 amide bonds. The summed E-state index contributed by atoms with van der Waals surface area (Å²) >= 11 is 0. The zero-order valence-electron chi connectivity index (χ0n) is 11.2. The Morgan fingerprint density at radius 1 is 1.00 bits per heavy atom. The summed E-state index contributed by atoms with van der Waals surface area (Å²) in [5.74, 6) is -3.59. The van der Waals surface area contributed by atoms with E-state index in [1.165, 1.54) is 12.1 Å². The van der Waals surface area contributed by atoms with Crippen LogP contribution in [0.25, 0.3) is 22.3 Å². The summed E-state index contributed by atoms with van der Waals surface area (Å²) in [7, 11) is 0. The molecule has 0 saturated carbocycles. The molecule has 0 aliphatic heterocycles. The molecule has 3 aromatic rings. The number of H-pyrrole nitrogens is 1. The number of para-hydroxylation sites is 1. The number of rotatable bonds is 1. The van der Waals surface area contributed by atoms with Crippen LogP contribution in [-0.4, -0.2) is 9.97 Å². The summed E-state index contributed by atoms with van der Waals surface area (Å²) in [5.41, 5.74) is -2.69. The van der Waals surface area contributed by atoms with Crippen LogP contribution in [0.4, 0.5) is 22.0 Å². The van der Waals surface area contributed by atoms with Crippen LogP contribution in [0.5, 0.6) is 0 Å². The highest BCUT2D eigenvalue weighted by Crippen LogP contribution is 2.37. The summed E-state index contributed by atoms with van der Waals surface area (Å²) in [4.78, 5) is 18.0. The highest BCUT2D eigenvalue weighted by molar-refractivity contribution is 5.79. The van der Waals surface area contributed by atoms with E-state index in [1.54, 1.807) is 12.1 Å². The van der Waals surface area contributed by atoms with Gasteiger partial charge >= 0.3 is 6.18 Å². The Bertz CT molecular complexity index is 962. The number of nitrogens with zero attached hydrogens (tertiary/aromatic N) is 1. The average molecular weight is 326 g/mol. The summed E-state index contributed by atoms with van der Waals surface area (Å²) in [6.07, 6.45) is -4.94. The number of aromatic nitrogens is 2. The number of fused-ring (bicyclic) bond motifs is 1. The smallest absolute Gasteiger partial charge is 0.306 e. The van der Waals surface area contributed by atoms with Crippen molar-refractivity contribution in [1.82, 2.24) is 9.97 Å². The van der Waals surface area contributed by atoms with Crippen LogP contribution in [0.15, 0.2) is 41.2 Å². The Kier molecular flexibility index (Phi) is 3.39. The fourth-order valence-corrected chi connectivity index (χ4v) is 2.19. The van der Waals surface area contributed by atoms with Crippen LogP contribution in [0.2, 0.25) is 0 Å². The average Bonchev–Trinajstić information content (AvgIpc) is 2.48. The molecule has 0 aliphatic carbocycles. The Hall–Kier alpha value is -2.77. The first-order chi connectivity index (χ1) is 10.8. The molecule has 1 aromatic heterocycles. The quantitative estimate of drug-likeness (QED) is 0.690. The lowest BCUT2D eigenvalue weighted by molar-refractivity contribution is -0.137. The largest absolute Gasteiger partial charge is 0.417 e. The van der Waals surface area contributed by atoms with Crippen molar-refractivity contribution < 1.29 is 22.0 Å². The van der Waals surface area contributed by atoms with Crippen LogP contribution < -0.4 is 5.56 Å². The minimum atomic E-state index is -4.94. The Balaban J connectivity index is 2.35. The van der Waals surface area contributed by atoms with Gasteiger partial charge in [-0.15, -0.1) is 0 Å². The van der Waals surface area contributed by atoms with Crippen LogP contribution in [0, 0.1) is 11.6 Å². The maximum absolute atomic E-state index is 13.4. The first-order valence-corrected chi connectivity index (χ1v) is 6.33. The molecule has 118 valence electrons. The van der Waals surface area contributed by atoms with Crippen molar-refractivity contribution in [2.75, 3.05) is 0 Å². The monoisotopic (exact) mass is 326 g/mol. The molecule has 0 atom stereocenters. The molecule has 23 heavy (non-hydrogen) atoms. The molecule has 0 bridgehead atoms. The molecular weight excluding hydrogens is 319 g/mol. The Morgan fingerprint density at radius 2 is 1.65 bits per heavy atom. The van der Waals surface area contributed by atoms with Gasteiger partial charge in [0.2, 0.25) is 0 Å². The second-order valence-corrected chi connectivity index (χ2v) is 4.74. The fraction of sp³-hybridized carbons (Fsp3) is 0.0667. The molecule has 2 aromatic carbocycles. The van der Waals surface area contributed by atoms with Crippen molar-refractivity contribution in [2.24, 2.45) is 0 Å². The van der Waals surface area contributed by atoms with Crippen molar-refractivity contribution in [3.05, 3.63) is 63.9 Å². The van der Waals surface area contributed by atoms with Crippen molar-refractivity contribution in [1.29, 1.82) is 0 Å². The van der Waals surface area contributed by atoms with Gasteiger partial charge < -0.3 is 4.98 Å². The predicted molar refractivity (Wildman–Crippen MR) is 72.7 cm³/mol. The predicted octanol–water partition coefficient (Wildman–Crippen LogP) is 3.89. The molecule has 3 rings (SSSR count). The van der Waals surface area contributed by atoms with Crippen molar-refractivity contribution in [3.8, 4) is 11.4 Å². The molecule has 8 heteroatoms. The highest BCUT2D eigenvalue weighted by atomic mass is 19.4. The summed E-state index contributed by atoms with van der Waals surface area (Å²) in [6, 6.07) is 6.40. The number of alkyl halides is 3. The molecule has 0 aliphatic rings. The van der Waals surface area contributed by atoms with E-state index in [9.17, 15) is 26.7 Å². The third-order valence-corrected chi connectivity index (χ3v) is 3.23. The van der Waals surface area contributed by atoms with Crippen molar-refractivity contribution in [2.45, 2.75) is 6.18 Å². The van der Waals surface area contributed by atoms with Crippen LogP contribution in [-0.2, 0) is 6.18 Å². The van der Waals surface area contributed by atoms with Gasteiger partial charge in [-0.2, -0.15) is 13.2 Å². The van der Waals surface area contributed by atoms with Gasteiger partial charge in [-0.25, -0.2) is 13.8 Å². The number of hydrogen-bond acceptors (Lipinski definition) is 2. The van der Waals surface area contributed by atoms with Crippen LogP contribution >= 0.6 is 0 Å². The summed E-state index contributed by atoms with van der Waals surface area (Å²) in [6.45, 7) is 0. The van der Waals surface area contributed by atoms with Gasteiger partial charge in [-0.1, -0.05) is 12.1 Å². The number of halogens is 5. The van der Waals surface area contributed by atoms with Gasteiger partial charge in [0, 0.05) is 5.56 Å². The third kappa shape index (κ3) is 2.67. The fourth-order valence-electron chi connectivity index (χ4n) is 2.19. The molecule has 3 nitrogen and oxygen atoms in total. The van der Waals surface area contributed by atoms with E-state index in [0.29, 0.717) is 6.07 Å². The van der Waals surface area contributed by atoms with E-state index in [1.807, 2.05) is 0 Å². The van der Waals surface area contributed by atoms with Crippen LogP contribution in [0.1, 0.15) is 5.56 Å². The van der Waals surface area contributed by atoms with Gasteiger partial charge in [0.15, 0.2) is 11.6 Å². The zero-order valence-corrected chi connectivity index (χ0v) is 11.2. The molecule has 0 spiro atoms. The van der Waals surface area contributed by atoms with Gasteiger partial charge in [0.25, 0.3) is 5.56 Å². The Labute approximate surface area is 125 Å². The number of nitrogens with one attached hydrogen (secondary N) is 1. The topological polar surface area (TPSA) is 45.8 Å². The van der Waals surface area contributed by atoms with E-state index in [2.05, 4.69) is 9.97 Å². The number of hydrogen-bond donors (Lipinski definition) is 1. The maximum Gasteiger partial charge on any atom is 0.417 e. The second kappa shape index (κ2) is 5.15. The van der Waals surface area contributed by atoms with E-state index in [4.69, 9.17) is 0 Å². The van der Waals surface area contributed by atoms with E-state index < -0.39 is 40.3 Å². The lowest BCUT2D eigenvalue weighted by Gasteiger charge is -2.13. The zero-order chi connectivity index (χ0) is 16.8. The first-order valence-electron chi connectivity index (χ1n) is 6.33. The standard InChI is InChI=1S/C15H7F5N2O/c16-10-5-8(9(6-11(10)17)15(18,19)20)13-21-12-4-2-1-3-7(12)14(23)22-13/h1-6H,(H,21,22,23). The lowest BCUT2D eigenvalue weighted by atomic mass is 10.1. The number of benzene rings is 2. The molecule has 1 heterocycles. The normalized spacial score (nSPS) is 11.9. The summed E-state index contributed by atoms with van der Waals surface area (Å²) in [5, 5.41) is 0.174. The van der Waals surface area contributed by atoms with E-state index >= 15 is 0 Å².